The Bertz CT molecular complexity index is 1540. The van der Waals surface area contributed by atoms with Gasteiger partial charge in [0.25, 0.3) is 5.91 Å². The van der Waals surface area contributed by atoms with Gasteiger partial charge >= 0.3 is 17.4 Å². The van der Waals surface area contributed by atoms with Crippen LogP contribution in [0.2, 0.25) is 0 Å². The summed E-state index contributed by atoms with van der Waals surface area (Å²) in [5.41, 5.74) is -2.25. The molecule has 1 saturated heterocycles. The Balaban J connectivity index is 1.09. The number of fused-ring (bicyclic) bond motifs is 1. The van der Waals surface area contributed by atoms with E-state index in [2.05, 4.69) is 15.3 Å². The highest BCUT2D eigenvalue weighted by molar-refractivity contribution is 8.00. The van der Waals surface area contributed by atoms with E-state index in [0.29, 0.717) is 53.7 Å². The first-order valence-corrected chi connectivity index (χ1v) is 13.2. The minimum absolute atomic E-state index is 0.0515. The van der Waals surface area contributed by atoms with Crippen LogP contribution in [-0.2, 0) is 11.3 Å². The number of anilines is 2. The lowest BCUT2D eigenvalue weighted by Crippen LogP contribution is -2.48. The molecule has 0 radical (unpaired) electrons. The number of rotatable bonds is 6. The maximum absolute atomic E-state index is 12.7. The van der Waals surface area contributed by atoms with Crippen molar-refractivity contribution in [2.45, 2.75) is 17.0 Å². The third-order valence-corrected chi connectivity index (χ3v) is 7.37. The number of alkyl halides is 3. The molecular weight excluding hydrogens is 559 g/mol. The maximum Gasteiger partial charge on any atom is 0.446 e. The fourth-order valence-electron chi connectivity index (χ4n) is 3.84. The van der Waals surface area contributed by atoms with Gasteiger partial charge in [0.15, 0.2) is 10.7 Å². The number of nitrogens with zero attached hydrogens (tertiary/aromatic N) is 3. The largest absolute Gasteiger partial charge is 0.446 e. The average molecular weight is 580 g/mol. The number of thioether (sulfide) groups is 1. The zero-order valence-corrected chi connectivity index (χ0v) is 21.6. The van der Waals surface area contributed by atoms with Crippen LogP contribution in [0.25, 0.3) is 11.1 Å². The van der Waals surface area contributed by atoms with Crippen molar-refractivity contribution < 1.29 is 31.9 Å². The second-order valence-electron chi connectivity index (χ2n) is 8.42. The Kier molecular flexibility index (Phi) is 7.52. The van der Waals surface area contributed by atoms with E-state index in [4.69, 9.17) is 9.15 Å². The first-order chi connectivity index (χ1) is 18.6. The van der Waals surface area contributed by atoms with Crippen molar-refractivity contribution in [1.29, 1.82) is 0 Å². The van der Waals surface area contributed by atoms with E-state index in [9.17, 15) is 27.6 Å². The molecule has 2 aromatic heterocycles. The number of carbonyl (C=O) groups is 2. The lowest BCUT2D eigenvalue weighted by atomic mass is 10.2. The van der Waals surface area contributed by atoms with Crippen LogP contribution in [0.4, 0.5) is 28.8 Å². The molecule has 0 saturated carbocycles. The fourth-order valence-corrected chi connectivity index (χ4v) is 5.24. The highest BCUT2D eigenvalue weighted by Crippen LogP contribution is 2.36. The normalized spacial score (nSPS) is 14.0. The minimum atomic E-state index is -4.36. The topological polar surface area (TPSA) is 121 Å². The van der Waals surface area contributed by atoms with E-state index in [0.717, 1.165) is 0 Å². The van der Waals surface area contributed by atoms with E-state index in [1.54, 1.807) is 28.5 Å². The number of carbonyl (C=O) groups excluding carboxylic acids is 2. The molecule has 0 aliphatic carbocycles. The highest BCUT2D eigenvalue weighted by atomic mass is 32.2. The molecular formula is C24H20F3N5O5S2. The van der Waals surface area contributed by atoms with Gasteiger partial charge in [-0.1, -0.05) is 12.1 Å². The van der Waals surface area contributed by atoms with Gasteiger partial charge in [0.1, 0.15) is 12.3 Å². The molecule has 204 valence electrons. The number of H-pyrrole nitrogens is 1. The van der Waals surface area contributed by atoms with Gasteiger partial charge in [-0.15, -0.1) is 11.3 Å². The minimum Gasteiger partial charge on any atom is -0.445 e. The number of hydrogen-bond donors (Lipinski definition) is 2. The second-order valence-corrected chi connectivity index (χ2v) is 10.4. The second kappa shape index (κ2) is 11.0. The van der Waals surface area contributed by atoms with E-state index < -0.39 is 23.3 Å². The summed E-state index contributed by atoms with van der Waals surface area (Å²) < 4.78 is 47.7. The Hall–Kier alpha value is -3.98. The molecule has 2 amide bonds. The molecule has 3 heterocycles. The van der Waals surface area contributed by atoms with Crippen LogP contribution in [-0.4, -0.2) is 58.6 Å². The van der Waals surface area contributed by atoms with Crippen LogP contribution in [0.1, 0.15) is 16.1 Å². The third-order valence-electron chi connectivity index (χ3n) is 5.73. The van der Waals surface area contributed by atoms with Crippen LogP contribution < -0.4 is 16.0 Å². The van der Waals surface area contributed by atoms with Crippen molar-refractivity contribution in [3.8, 4) is 0 Å². The first kappa shape index (κ1) is 26.6. The summed E-state index contributed by atoms with van der Waals surface area (Å²) in [6.07, 6.45) is -0.516. The molecule has 0 unspecified atom stereocenters. The van der Waals surface area contributed by atoms with Crippen molar-refractivity contribution in [2.24, 2.45) is 0 Å². The first-order valence-electron chi connectivity index (χ1n) is 11.5. The van der Waals surface area contributed by atoms with E-state index in [1.807, 2.05) is 4.90 Å². The molecule has 0 bridgehead atoms. The van der Waals surface area contributed by atoms with Crippen molar-refractivity contribution in [1.82, 2.24) is 14.9 Å². The average Bonchev–Trinajstić information content (AvgIpc) is 3.53. The summed E-state index contributed by atoms with van der Waals surface area (Å²) >= 11 is 1.10. The van der Waals surface area contributed by atoms with Gasteiger partial charge in [-0.05, 0) is 41.6 Å². The number of ether oxygens (including phenoxy) is 1. The summed E-state index contributed by atoms with van der Waals surface area (Å²) in [5.74, 6) is -0.996. The molecule has 4 aromatic rings. The van der Waals surface area contributed by atoms with Crippen LogP contribution in [0.15, 0.2) is 62.0 Å². The van der Waals surface area contributed by atoms with E-state index in [1.165, 1.54) is 35.6 Å². The molecule has 5 rings (SSSR count). The van der Waals surface area contributed by atoms with Gasteiger partial charge in [-0.25, -0.2) is 14.6 Å². The Morgan fingerprint density at radius 2 is 1.87 bits per heavy atom. The summed E-state index contributed by atoms with van der Waals surface area (Å²) in [6.45, 7) is 1.67. The van der Waals surface area contributed by atoms with Gasteiger partial charge in [0, 0.05) is 48.2 Å². The van der Waals surface area contributed by atoms with Gasteiger partial charge in [-0.2, -0.15) is 13.2 Å². The molecule has 0 atom stereocenters. The maximum atomic E-state index is 12.7. The van der Waals surface area contributed by atoms with E-state index >= 15 is 0 Å². The molecule has 2 N–H and O–H groups in total. The summed E-state index contributed by atoms with van der Waals surface area (Å²) in [6, 6.07) is 10.5. The van der Waals surface area contributed by atoms with Crippen molar-refractivity contribution in [2.75, 3.05) is 36.4 Å². The van der Waals surface area contributed by atoms with Crippen molar-refractivity contribution in [3.05, 3.63) is 69.7 Å². The van der Waals surface area contributed by atoms with Crippen molar-refractivity contribution >= 4 is 57.0 Å². The van der Waals surface area contributed by atoms with Gasteiger partial charge < -0.3 is 24.3 Å². The lowest BCUT2D eigenvalue weighted by molar-refractivity contribution is -0.0328. The molecule has 1 fully saturated rings. The number of halogens is 3. The molecule has 15 heteroatoms. The predicted octanol–water partition coefficient (Wildman–Crippen LogP) is 4.90. The zero-order chi connectivity index (χ0) is 27.6. The number of benzene rings is 2. The fraction of sp³-hybridized carbons (Fsp3) is 0.250. The summed E-state index contributed by atoms with van der Waals surface area (Å²) in [4.78, 5) is 46.9. The van der Waals surface area contributed by atoms with Crippen LogP contribution in [0.5, 0.6) is 0 Å². The number of aromatic amines is 1. The lowest BCUT2D eigenvalue weighted by Gasteiger charge is -2.33. The van der Waals surface area contributed by atoms with Gasteiger partial charge in [0.2, 0.25) is 0 Å². The number of aromatic nitrogens is 2. The molecule has 1 aliphatic rings. The monoisotopic (exact) mass is 579 g/mol. The van der Waals surface area contributed by atoms with Crippen LogP contribution >= 0.6 is 23.1 Å². The third kappa shape index (κ3) is 6.72. The Morgan fingerprint density at radius 1 is 1.13 bits per heavy atom. The summed E-state index contributed by atoms with van der Waals surface area (Å²) in [7, 11) is 0. The predicted molar refractivity (Wildman–Crippen MR) is 139 cm³/mol. The number of thiazole rings is 1. The van der Waals surface area contributed by atoms with Gasteiger partial charge in [-0.3, -0.25) is 9.78 Å². The molecule has 10 nitrogen and oxygen atoms in total. The van der Waals surface area contributed by atoms with E-state index in [-0.39, 0.29) is 29.0 Å². The smallest absolute Gasteiger partial charge is 0.445 e. The number of piperazine rings is 1. The number of oxazole rings is 1. The van der Waals surface area contributed by atoms with Crippen molar-refractivity contribution in [3.63, 3.8) is 0 Å². The molecule has 2 aromatic carbocycles. The van der Waals surface area contributed by atoms with Crippen LogP contribution in [0.3, 0.4) is 0 Å². The zero-order valence-electron chi connectivity index (χ0n) is 20.0. The number of nitrogens with one attached hydrogen (secondary N) is 2. The van der Waals surface area contributed by atoms with Gasteiger partial charge in [0.05, 0.1) is 5.52 Å². The standard InChI is InChI=1S/C24H20F3N5O5S2/c25-24(26,27)39-16-4-1-14(2-5-16)12-36-23(35)32-9-7-31(8-10-32)21-29-18(13-38-21)20(33)28-15-3-6-17-19(11-15)37-22(34)30-17/h1-6,11,13H,7-10,12H2,(H,28,33)(H,30,34). The molecule has 39 heavy (non-hydrogen) atoms. The Morgan fingerprint density at radius 3 is 2.59 bits per heavy atom. The number of amides is 2. The summed E-state index contributed by atoms with van der Waals surface area (Å²) in [5, 5.41) is 5.00. The van der Waals surface area contributed by atoms with Crippen LogP contribution in [0, 0.1) is 0 Å². The highest BCUT2D eigenvalue weighted by Gasteiger charge is 2.29. The quantitative estimate of drug-likeness (QED) is 0.310. The SMILES string of the molecule is O=C(Nc1ccc2[nH]c(=O)oc2c1)c1csc(N2CCN(C(=O)OCc3ccc(SC(F)(F)F)cc3)CC2)n1. The Labute approximate surface area is 226 Å². The molecule has 1 aliphatic heterocycles. The molecule has 0 spiro atoms. The number of hydrogen-bond acceptors (Lipinski definition) is 9.